The molecule has 1 aliphatic carbocycles. The largest absolute Gasteiger partial charge is 0.255 e. The third-order valence-electron chi connectivity index (χ3n) is 8.95. The predicted octanol–water partition coefficient (Wildman–Crippen LogP) is 8.92. The zero-order chi connectivity index (χ0) is 33.4. The van der Waals surface area contributed by atoms with Gasteiger partial charge in [-0.1, -0.05) is 114 Å². The fourth-order valence-corrected chi connectivity index (χ4v) is 6.47. The van der Waals surface area contributed by atoms with Crippen molar-refractivity contribution < 1.29 is 4.57 Å². The van der Waals surface area contributed by atoms with Crippen LogP contribution in [0.5, 0.6) is 0 Å². The van der Waals surface area contributed by atoms with Gasteiger partial charge in [-0.05, 0) is 24.6 Å². The molecule has 0 amide bonds. The molecule has 0 spiro atoms. The van der Waals surface area contributed by atoms with Gasteiger partial charge >= 0.3 is 0 Å². The van der Waals surface area contributed by atoms with Crippen molar-refractivity contribution in [3.63, 3.8) is 0 Å². The number of benzene rings is 1. The van der Waals surface area contributed by atoms with Crippen molar-refractivity contribution in [3.8, 4) is 35.2 Å². The summed E-state index contributed by atoms with van der Waals surface area (Å²) in [6.07, 6.45) is 26.2. The monoisotopic (exact) mass is 637 g/mol. The van der Waals surface area contributed by atoms with Crippen molar-refractivity contribution in [2.24, 2.45) is 9.98 Å². The lowest BCUT2D eigenvalue weighted by Gasteiger charge is -2.22. The zero-order valence-electron chi connectivity index (χ0n) is 28.1. The molecule has 3 aromatic heterocycles. The third kappa shape index (κ3) is 8.63. The van der Waals surface area contributed by atoms with E-state index in [0.29, 0.717) is 51.0 Å². The molecule has 0 atom stereocenters. The first-order valence-electron chi connectivity index (χ1n) is 17.6. The molecule has 0 radical (unpaired) electrons. The molecule has 0 N–H and O–H groups in total. The zero-order valence-corrected chi connectivity index (χ0v) is 28.1. The van der Waals surface area contributed by atoms with E-state index < -0.39 is 0 Å². The quantitative estimate of drug-likeness (QED) is 0.0573. The number of pyridine rings is 2. The van der Waals surface area contributed by atoms with Gasteiger partial charge in [0.05, 0.1) is 5.69 Å². The molecule has 0 saturated heterocycles. The lowest BCUT2D eigenvalue weighted by Crippen LogP contribution is -2.36. The van der Waals surface area contributed by atoms with Crippen LogP contribution in [0.1, 0.15) is 119 Å². The van der Waals surface area contributed by atoms with Crippen LogP contribution in [-0.4, -0.2) is 26.4 Å². The summed E-state index contributed by atoms with van der Waals surface area (Å²) in [5, 5.41) is 19.3. The summed E-state index contributed by atoms with van der Waals surface area (Å²) in [7, 11) is 0. The number of unbranched alkanes of at least 4 members (excludes halogenated alkanes) is 13. The van der Waals surface area contributed by atoms with E-state index in [1.807, 2.05) is 67.0 Å². The molecule has 0 bridgehead atoms. The maximum atomic E-state index is 9.68. The van der Waals surface area contributed by atoms with Crippen LogP contribution in [0.25, 0.3) is 22.8 Å². The summed E-state index contributed by atoms with van der Waals surface area (Å²) >= 11 is 0. The maximum Gasteiger partial charge on any atom is 0.233 e. The first kappa shape index (κ1) is 34.3. The highest BCUT2D eigenvalue weighted by molar-refractivity contribution is 6.30. The highest BCUT2D eigenvalue weighted by atomic mass is 15.0. The summed E-state index contributed by atoms with van der Waals surface area (Å²) in [6.45, 7) is 3.12. The van der Waals surface area contributed by atoms with Gasteiger partial charge in [0.1, 0.15) is 35.0 Å². The van der Waals surface area contributed by atoms with Crippen LogP contribution in [0.2, 0.25) is 0 Å². The molecule has 0 saturated carbocycles. The number of rotatable bonds is 17. The Labute approximate surface area is 285 Å². The summed E-state index contributed by atoms with van der Waals surface area (Å²) in [5.41, 5.74) is 5.79. The molecule has 0 aliphatic heterocycles. The van der Waals surface area contributed by atoms with E-state index in [4.69, 9.17) is 9.97 Å². The van der Waals surface area contributed by atoms with Crippen molar-refractivity contribution in [1.29, 1.82) is 10.5 Å². The lowest BCUT2D eigenvalue weighted by atomic mass is 9.88. The summed E-state index contributed by atoms with van der Waals surface area (Å²) < 4.78 is 2.23. The topological polar surface area (TPSA) is 115 Å². The lowest BCUT2D eigenvalue weighted by molar-refractivity contribution is -0.686. The molecule has 0 fully saturated rings. The minimum atomic E-state index is 0.402. The molecule has 8 heteroatoms. The first-order valence-corrected chi connectivity index (χ1v) is 17.6. The Balaban J connectivity index is 1.33. The Hall–Kier alpha value is -5.08. The van der Waals surface area contributed by atoms with E-state index >= 15 is 0 Å². The fraction of sp³-hybridized carbons (Fsp3) is 0.400. The van der Waals surface area contributed by atoms with Gasteiger partial charge in [-0.25, -0.2) is 9.97 Å². The van der Waals surface area contributed by atoms with Gasteiger partial charge in [0, 0.05) is 35.9 Å². The molecule has 1 aliphatic rings. The van der Waals surface area contributed by atoms with Gasteiger partial charge in [-0.3, -0.25) is 4.98 Å². The summed E-state index contributed by atoms with van der Waals surface area (Å²) in [4.78, 5) is 23.3. The summed E-state index contributed by atoms with van der Waals surface area (Å²) in [6, 6.07) is 19.3. The van der Waals surface area contributed by atoms with Crippen LogP contribution in [0.3, 0.4) is 0 Å². The molecular weight excluding hydrogens is 592 g/mol. The Morgan fingerprint density at radius 2 is 1.10 bits per heavy atom. The number of nitrogens with zero attached hydrogens (tertiary/aromatic N) is 8. The second-order valence-electron chi connectivity index (χ2n) is 12.4. The van der Waals surface area contributed by atoms with Crippen LogP contribution in [0, 0.1) is 22.9 Å². The Kier molecular flexibility index (Phi) is 13.1. The molecule has 1 aromatic carbocycles. The van der Waals surface area contributed by atoms with E-state index in [9.17, 15) is 10.5 Å². The van der Waals surface area contributed by atoms with Crippen molar-refractivity contribution >= 4 is 11.4 Å². The van der Waals surface area contributed by atoms with Gasteiger partial charge in [0.2, 0.25) is 18.1 Å². The fourth-order valence-electron chi connectivity index (χ4n) is 6.47. The molecule has 4 aromatic rings. The third-order valence-corrected chi connectivity index (χ3v) is 8.95. The number of aryl methyl sites for hydroxylation is 1. The predicted molar refractivity (Wildman–Crippen MR) is 190 cm³/mol. The molecule has 8 nitrogen and oxygen atoms in total. The maximum absolute atomic E-state index is 9.68. The van der Waals surface area contributed by atoms with Crippen molar-refractivity contribution in [2.75, 3.05) is 0 Å². The van der Waals surface area contributed by atoms with Gasteiger partial charge in [0.25, 0.3) is 0 Å². The van der Waals surface area contributed by atoms with E-state index in [1.165, 1.54) is 83.5 Å². The highest BCUT2D eigenvalue weighted by Gasteiger charge is 2.33. The Bertz CT molecular complexity index is 1800. The molecule has 48 heavy (non-hydrogen) atoms. The molecule has 3 heterocycles. The number of aliphatic imine (C=N–C) groups is 2. The van der Waals surface area contributed by atoms with Crippen LogP contribution in [0.15, 0.2) is 83.0 Å². The number of aromatic nitrogens is 4. The number of nitriles is 2. The van der Waals surface area contributed by atoms with Gasteiger partial charge in [-0.15, -0.1) is 0 Å². The molecule has 0 unspecified atom stereocenters. The Morgan fingerprint density at radius 1 is 0.583 bits per heavy atom. The number of fused-ring (bicyclic) bond motifs is 2. The van der Waals surface area contributed by atoms with Crippen LogP contribution in [-0.2, 0) is 6.54 Å². The van der Waals surface area contributed by atoms with Gasteiger partial charge in [-0.2, -0.15) is 25.1 Å². The van der Waals surface area contributed by atoms with Crippen molar-refractivity contribution in [2.45, 2.75) is 103 Å². The standard InChI is InChI=1S/C40H45N8/c1-2-3-4-5-6-7-8-9-10-11-12-13-14-20-27-48-28-21-18-25-34(48)38-37(33-24-17-19-26-43-33)46-39-35(44-29-41)31-22-15-16-23-32(31)36(45-30-42)40(39)47-38/h15-19,21-26,28H,2-14,20,27H2,1H3/q+1. The van der Waals surface area contributed by atoms with Crippen molar-refractivity contribution in [1.82, 2.24) is 15.0 Å². The molecule has 5 rings (SSSR count). The second-order valence-corrected chi connectivity index (χ2v) is 12.4. The van der Waals surface area contributed by atoms with E-state index in [2.05, 4.69) is 38.7 Å². The van der Waals surface area contributed by atoms with Crippen LogP contribution in [0.4, 0.5) is 0 Å². The SMILES string of the molecule is CCCCCCCCCCCCCCCC[n+]1ccccc1-c1nc2c(nc1-c1ccccn1)C(=NC#N)c1ccccc1C2=NC#N. The molecular formula is C40H45N8+. The Morgan fingerprint density at radius 3 is 1.65 bits per heavy atom. The smallest absolute Gasteiger partial charge is 0.233 e. The van der Waals surface area contributed by atoms with Crippen LogP contribution < -0.4 is 4.57 Å². The average Bonchev–Trinajstić information content (AvgIpc) is 3.13. The summed E-state index contributed by atoms with van der Waals surface area (Å²) in [5.74, 6) is 0. The highest BCUT2D eigenvalue weighted by Crippen LogP contribution is 2.33. The minimum Gasteiger partial charge on any atom is -0.255 e. The normalized spacial score (nSPS) is 13.6. The second kappa shape index (κ2) is 18.3. The number of hydrogen-bond donors (Lipinski definition) is 0. The first-order chi connectivity index (χ1) is 23.8. The van der Waals surface area contributed by atoms with E-state index in [0.717, 1.165) is 18.7 Å². The average molecular weight is 638 g/mol. The van der Waals surface area contributed by atoms with Crippen LogP contribution >= 0.6 is 0 Å². The van der Waals surface area contributed by atoms with E-state index in [1.54, 1.807) is 6.20 Å². The molecule has 244 valence electrons. The van der Waals surface area contributed by atoms with Gasteiger partial charge < -0.3 is 0 Å². The van der Waals surface area contributed by atoms with Gasteiger partial charge in [0.15, 0.2) is 11.9 Å². The van der Waals surface area contributed by atoms with E-state index in [-0.39, 0.29) is 0 Å². The number of hydrogen-bond acceptors (Lipinski definition) is 7. The minimum absolute atomic E-state index is 0.402. The van der Waals surface area contributed by atoms with Crippen molar-refractivity contribution in [3.05, 3.63) is 95.6 Å².